The molecule has 0 aliphatic carbocycles. The lowest BCUT2D eigenvalue weighted by Gasteiger charge is -2.20. The van der Waals surface area contributed by atoms with E-state index in [0.717, 1.165) is 5.56 Å². The number of hydrogen-bond acceptors (Lipinski definition) is 2. The summed E-state index contributed by atoms with van der Waals surface area (Å²) in [4.78, 5) is 24.9. The highest BCUT2D eigenvalue weighted by molar-refractivity contribution is 6.30. The molecule has 3 N–H and O–H groups in total. The Bertz CT molecular complexity index is 504. The van der Waals surface area contributed by atoms with E-state index in [-0.39, 0.29) is 24.0 Å². The number of quaternary nitrogens is 1. The lowest BCUT2D eigenvalue weighted by atomic mass is 10.1. The van der Waals surface area contributed by atoms with Crippen LogP contribution in [0, 0.1) is 0 Å². The monoisotopic (exact) mass is 296 g/mol. The van der Waals surface area contributed by atoms with Crippen molar-refractivity contribution in [2.45, 2.75) is 25.9 Å². The fourth-order valence-electron chi connectivity index (χ4n) is 2.32. The molecule has 0 aromatic heterocycles. The summed E-state index contributed by atoms with van der Waals surface area (Å²) in [5.74, 6) is -0.152. The molecule has 108 valence electrons. The second kappa shape index (κ2) is 6.24. The van der Waals surface area contributed by atoms with E-state index in [1.807, 2.05) is 43.4 Å². The van der Waals surface area contributed by atoms with Gasteiger partial charge in [0.05, 0.1) is 0 Å². The molecular formula is C14H19ClN3O2+. The van der Waals surface area contributed by atoms with Crippen molar-refractivity contribution in [1.82, 2.24) is 10.2 Å². The number of nitrogens with zero attached hydrogens (tertiary/aromatic N) is 1. The van der Waals surface area contributed by atoms with Crippen molar-refractivity contribution in [2.24, 2.45) is 0 Å². The molecule has 2 atom stereocenters. The number of carbonyl (C=O) groups is 2. The lowest BCUT2D eigenvalue weighted by molar-refractivity contribution is -0.710. The molecular weight excluding hydrogens is 278 g/mol. The molecule has 2 rings (SSSR count). The van der Waals surface area contributed by atoms with Crippen LogP contribution in [0.2, 0.25) is 5.02 Å². The molecule has 1 fully saturated rings. The smallest absolute Gasteiger partial charge is 0.324 e. The Kier molecular flexibility index (Phi) is 4.62. The molecule has 1 aliphatic rings. The number of nitrogens with two attached hydrogens (primary N) is 1. The molecule has 1 saturated heterocycles. The van der Waals surface area contributed by atoms with E-state index in [4.69, 9.17) is 11.6 Å². The zero-order valence-corrected chi connectivity index (χ0v) is 12.4. The van der Waals surface area contributed by atoms with Crippen molar-refractivity contribution in [1.29, 1.82) is 0 Å². The van der Waals surface area contributed by atoms with Gasteiger partial charge in [0.1, 0.15) is 6.04 Å². The van der Waals surface area contributed by atoms with Gasteiger partial charge in [0.25, 0.3) is 5.91 Å². The molecule has 20 heavy (non-hydrogen) atoms. The molecule has 0 bridgehead atoms. The molecule has 0 unspecified atom stereocenters. The normalized spacial score (nSPS) is 17.8. The van der Waals surface area contributed by atoms with E-state index >= 15 is 0 Å². The van der Waals surface area contributed by atoms with Gasteiger partial charge in [-0.05, 0) is 26.0 Å². The summed E-state index contributed by atoms with van der Waals surface area (Å²) in [6.45, 7) is 4.83. The maximum absolute atomic E-state index is 12.2. The highest BCUT2D eigenvalue weighted by atomic mass is 35.5. The molecule has 6 heteroatoms. The van der Waals surface area contributed by atoms with Gasteiger partial charge in [-0.25, -0.2) is 4.79 Å². The van der Waals surface area contributed by atoms with Crippen LogP contribution in [0.4, 0.5) is 4.79 Å². The highest BCUT2D eigenvalue weighted by Gasteiger charge is 2.32. The van der Waals surface area contributed by atoms with Gasteiger partial charge in [-0.1, -0.05) is 23.7 Å². The Balaban J connectivity index is 1.96. The quantitative estimate of drug-likeness (QED) is 0.867. The topological polar surface area (TPSA) is 66.0 Å². The summed E-state index contributed by atoms with van der Waals surface area (Å²) < 4.78 is 0. The van der Waals surface area contributed by atoms with Crippen LogP contribution in [0.15, 0.2) is 24.3 Å². The maximum atomic E-state index is 12.2. The van der Waals surface area contributed by atoms with Crippen LogP contribution in [0.1, 0.15) is 25.5 Å². The van der Waals surface area contributed by atoms with E-state index in [2.05, 4.69) is 5.32 Å². The Morgan fingerprint density at radius 1 is 1.35 bits per heavy atom. The van der Waals surface area contributed by atoms with Gasteiger partial charge in [-0.2, -0.15) is 0 Å². The molecule has 1 aliphatic heterocycles. The Hall–Kier alpha value is -1.59. The van der Waals surface area contributed by atoms with Crippen molar-refractivity contribution in [3.05, 3.63) is 34.9 Å². The van der Waals surface area contributed by atoms with Gasteiger partial charge < -0.3 is 10.6 Å². The van der Waals surface area contributed by atoms with Crippen LogP contribution in [0.25, 0.3) is 0 Å². The van der Waals surface area contributed by atoms with Gasteiger partial charge in [-0.3, -0.25) is 9.69 Å². The number of carbonyl (C=O) groups excluding carboxylic acids is 2. The van der Waals surface area contributed by atoms with Gasteiger partial charge in [0.2, 0.25) is 0 Å². The number of amides is 3. The molecule has 1 aromatic rings. The molecule has 5 nitrogen and oxygen atoms in total. The number of rotatable bonds is 4. The van der Waals surface area contributed by atoms with Crippen molar-refractivity contribution in [3.8, 4) is 0 Å². The molecule has 0 saturated carbocycles. The first-order valence-electron chi connectivity index (χ1n) is 6.68. The summed E-state index contributed by atoms with van der Waals surface area (Å²) >= 11 is 5.86. The predicted molar refractivity (Wildman–Crippen MR) is 76.4 cm³/mol. The number of urea groups is 1. The largest absolute Gasteiger partial charge is 0.336 e. The average molecular weight is 297 g/mol. The van der Waals surface area contributed by atoms with Gasteiger partial charge in [0, 0.05) is 23.7 Å². The second-order valence-electron chi connectivity index (χ2n) is 5.04. The zero-order chi connectivity index (χ0) is 14.7. The number of imide groups is 1. The third-order valence-electron chi connectivity index (χ3n) is 3.49. The van der Waals surface area contributed by atoms with E-state index in [9.17, 15) is 9.59 Å². The van der Waals surface area contributed by atoms with Gasteiger partial charge in [0.15, 0.2) is 6.04 Å². The van der Waals surface area contributed by atoms with E-state index in [0.29, 0.717) is 18.1 Å². The fraction of sp³-hybridized carbons (Fsp3) is 0.429. The first kappa shape index (κ1) is 14.8. The van der Waals surface area contributed by atoms with Crippen LogP contribution in [-0.2, 0) is 4.79 Å². The lowest BCUT2D eigenvalue weighted by Crippen LogP contribution is -2.92. The minimum atomic E-state index is -0.301. The third-order valence-corrected chi connectivity index (χ3v) is 3.74. The minimum absolute atomic E-state index is 0.122. The highest BCUT2D eigenvalue weighted by Crippen LogP contribution is 2.13. The average Bonchev–Trinajstić information content (AvgIpc) is 2.84. The van der Waals surface area contributed by atoms with Crippen LogP contribution in [0.5, 0.6) is 0 Å². The molecule has 0 radical (unpaired) electrons. The molecule has 1 heterocycles. The van der Waals surface area contributed by atoms with Gasteiger partial charge in [-0.15, -0.1) is 0 Å². The van der Waals surface area contributed by atoms with Crippen LogP contribution < -0.4 is 10.6 Å². The summed E-state index contributed by atoms with van der Waals surface area (Å²) in [7, 11) is 0. The molecule has 0 spiro atoms. The number of nitrogens with one attached hydrogen (secondary N) is 1. The predicted octanol–water partition coefficient (Wildman–Crippen LogP) is 0.905. The van der Waals surface area contributed by atoms with Gasteiger partial charge >= 0.3 is 6.03 Å². The Morgan fingerprint density at radius 3 is 2.55 bits per heavy atom. The number of benzene rings is 1. The first-order valence-corrected chi connectivity index (χ1v) is 7.06. The van der Waals surface area contributed by atoms with Crippen molar-refractivity contribution >= 4 is 23.5 Å². The van der Waals surface area contributed by atoms with Crippen LogP contribution >= 0.6 is 11.6 Å². The first-order chi connectivity index (χ1) is 9.49. The molecule has 3 amide bonds. The third kappa shape index (κ3) is 3.29. The van der Waals surface area contributed by atoms with E-state index in [1.54, 1.807) is 0 Å². The number of halogens is 1. The van der Waals surface area contributed by atoms with Crippen molar-refractivity contribution < 1.29 is 14.9 Å². The summed E-state index contributed by atoms with van der Waals surface area (Å²) in [6, 6.07) is 7.09. The van der Waals surface area contributed by atoms with Crippen LogP contribution in [-0.4, -0.2) is 36.0 Å². The molecule has 1 aromatic carbocycles. The van der Waals surface area contributed by atoms with E-state index in [1.165, 1.54) is 4.90 Å². The number of hydrogen-bond donors (Lipinski definition) is 2. The van der Waals surface area contributed by atoms with Crippen molar-refractivity contribution in [2.75, 3.05) is 13.1 Å². The Labute approximate surface area is 123 Å². The standard InChI is InChI=1S/C14H18ClN3O2/c1-9(11-3-5-12(15)6-4-11)17-10(2)13(19)18-8-7-16-14(18)20/h3-6,9-10,17H,7-8H2,1-2H3,(H,16,20)/p+1/t9-,10+/m1/s1. The minimum Gasteiger partial charge on any atom is -0.336 e. The zero-order valence-electron chi connectivity index (χ0n) is 11.6. The fourth-order valence-corrected chi connectivity index (χ4v) is 2.45. The van der Waals surface area contributed by atoms with Crippen molar-refractivity contribution in [3.63, 3.8) is 0 Å². The summed E-state index contributed by atoms with van der Waals surface area (Å²) in [5.41, 5.74) is 1.10. The second-order valence-corrected chi connectivity index (χ2v) is 5.48. The maximum Gasteiger partial charge on any atom is 0.324 e. The van der Waals surface area contributed by atoms with Crippen LogP contribution in [0.3, 0.4) is 0 Å². The summed E-state index contributed by atoms with van der Waals surface area (Å²) in [6.07, 6.45) is 0. The van der Waals surface area contributed by atoms with E-state index < -0.39 is 0 Å². The SMILES string of the molecule is C[C@H]([NH2+][C@H](C)c1ccc(Cl)cc1)C(=O)N1CCNC1=O. The summed E-state index contributed by atoms with van der Waals surface area (Å²) in [5, 5.41) is 5.28. The Morgan fingerprint density at radius 2 is 2.00 bits per heavy atom.